The molecule has 7 aromatic rings. The number of carboxylic acid groups (broad SMARTS) is 1. The molecule has 0 radical (unpaired) electrons. The number of carbonyl (C=O) groups excluding carboxylic acids is 5. The summed E-state index contributed by atoms with van der Waals surface area (Å²) in [7, 11) is 4.33. The predicted octanol–water partition coefficient (Wildman–Crippen LogP) is 14.5. The third-order valence-electron chi connectivity index (χ3n) is 8.92. The summed E-state index contributed by atoms with van der Waals surface area (Å²) in [6, 6.07) is 28.0. The largest absolute Gasteiger partial charge is 0.507 e. The quantitative estimate of drug-likeness (QED) is 0.0310. The van der Waals surface area contributed by atoms with Crippen molar-refractivity contribution in [2.75, 3.05) is 44.3 Å². The van der Waals surface area contributed by atoms with E-state index in [0.717, 1.165) is 0 Å². The number of phenolic OH excluding ortho intramolecular Hbond substituents is 1. The van der Waals surface area contributed by atoms with Crippen molar-refractivity contribution < 1.29 is 62.7 Å². The van der Waals surface area contributed by atoms with Crippen LogP contribution in [0, 0.1) is 11.8 Å². The van der Waals surface area contributed by atoms with E-state index >= 15 is 0 Å². The Balaban J connectivity index is 0.00000101. The summed E-state index contributed by atoms with van der Waals surface area (Å²) in [5.74, 6) is -0.648. The van der Waals surface area contributed by atoms with Gasteiger partial charge in [0.2, 0.25) is 0 Å². The molecule has 456 valence electrons. The summed E-state index contributed by atoms with van der Waals surface area (Å²) >= 11 is 37.2. The molecule has 0 bridgehead atoms. The van der Waals surface area contributed by atoms with Crippen LogP contribution in [0.3, 0.4) is 0 Å². The van der Waals surface area contributed by atoms with Crippen LogP contribution >= 0.6 is 105 Å². The van der Waals surface area contributed by atoms with E-state index in [4.69, 9.17) is 87.8 Å². The number of nitrogens with zero attached hydrogens (tertiary/aromatic N) is 6. The molecule has 0 aliphatic carbocycles. The Bertz CT molecular complexity index is 3180. The molecule has 4 aromatic carbocycles. The Morgan fingerprint density at radius 3 is 1.33 bits per heavy atom. The van der Waals surface area contributed by atoms with Crippen LogP contribution < -0.4 is 30.6 Å². The van der Waals surface area contributed by atoms with Gasteiger partial charge in [0, 0.05) is 56.7 Å². The van der Waals surface area contributed by atoms with Crippen molar-refractivity contribution in [2.45, 2.75) is 41.5 Å². The SMILES string of the molecule is BrB(Br)Br.C.CC(C)COC(=O)Cl.COc1ccc(Cl)cc1C(=O)Nc1cccnn1.COc1ccc(Cl)cc1C(=O)O.COc1ccc(Cl)cc1C(=O)OC(=O)CC(C)C.Nc1cccnn1.O=C(Nc1cccnn1)c1cc(Cl)ccc1O. The van der Waals surface area contributed by atoms with E-state index in [-0.39, 0.29) is 51.3 Å². The van der Waals surface area contributed by atoms with Crippen LogP contribution in [0.1, 0.15) is 83.0 Å². The Kier molecular flexibility index (Phi) is 40.1. The first-order chi connectivity index (χ1) is 39.7. The summed E-state index contributed by atoms with van der Waals surface area (Å²) in [6.07, 6.45) is 4.78. The summed E-state index contributed by atoms with van der Waals surface area (Å²) in [6.45, 7) is 8.03. The Morgan fingerprint density at radius 2 is 0.976 bits per heavy atom. The number of nitrogen functional groups attached to an aromatic ring is 1. The van der Waals surface area contributed by atoms with Crippen LogP contribution in [-0.2, 0) is 14.3 Å². The predicted molar refractivity (Wildman–Crippen MR) is 342 cm³/mol. The van der Waals surface area contributed by atoms with E-state index in [1.54, 1.807) is 72.9 Å². The minimum Gasteiger partial charge on any atom is -0.507 e. The first-order valence-electron chi connectivity index (χ1n) is 23.6. The molecular formula is C54H58BBr3Cl5N9O13. The van der Waals surface area contributed by atoms with Crippen LogP contribution in [0.2, 0.25) is 20.1 Å². The third-order valence-corrected chi connectivity index (χ3v) is 9.96. The summed E-state index contributed by atoms with van der Waals surface area (Å²) in [5, 5.41) is 46.7. The lowest BCUT2D eigenvalue weighted by Crippen LogP contribution is -2.15. The van der Waals surface area contributed by atoms with E-state index in [1.807, 2.05) is 27.7 Å². The Labute approximate surface area is 541 Å². The number of anilines is 3. The molecule has 0 aliphatic rings. The lowest BCUT2D eigenvalue weighted by atomic mass is 10.1. The highest BCUT2D eigenvalue weighted by Gasteiger charge is 2.19. The first kappa shape index (κ1) is 78.1. The maximum atomic E-state index is 12.0. The van der Waals surface area contributed by atoms with Gasteiger partial charge in [0.05, 0.1) is 39.1 Å². The molecule has 0 saturated carbocycles. The molecule has 22 nitrogen and oxygen atoms in total. The molecule has 31 heteroatoms. The lowest BCUT2D eigenvalue weighted by Gasteiger charge is -2.08. The number of aromatic carboxylic acids is 1. The number of esters is 2. The number of nitrogens with one attached hydrogen (secondary N) is 2. The smallest absolute Gasteiger partial charge is 0.403 e. The number of amides is 2. The van der Waals surface area contributed by atoms with Gasteiger partial charge >= 0.3 is 26.5 Å². The average molecular weight is 1470 g/mol. The maximum absolute atomic E-state index is 12.0. The van der Waals surface area contributed by atoms with Gasteiger partial charge < -0.3 is 50.3 Å². The van der Waals surface area contributed by atoms with E-state index in [0.29, 0.717) is 72.9 Å². The number of phenols is 1. The second-order valence-electron chi connectivity index (χ2n) is 16.3. The van der Waals surface area contributed by atoms with E-state index in [9.17, 15) is 33.9 Å². The van der Waals surface area contributed by atoms with Crippen molar-refractivity contribution in [3.8, 4) is 23.0 Å². The molecule has 0 spiro atoms. The molecule has 0 aliphatic heterocycles. The fourth-order valence-electron chi connectivity index (χ4n) is 5.42. The van der Waals surface area contributed by atoms with E-state index in [2.05, 4.69) is 93.2 Å². The van der Waals surface area contributed by atoms with Crippen molar-refractivity contribution in [2.24, 2.45) is 11.8 Å². The van der Waals surface area contributed by atoms with Crippen LogP contribution in [0.15, 0.2) is 128 Å². The van der Waals surface area contributed by atoms with Gasteiger partial charge in [0.25, 0.3) is 11.8 Å². The number of benzene rings is 4. The highest BCUT2D eigenvalue weighted by molar-refractivity contribution is 9.69. The molecule has 0 fully saturated rings. The highest BCUT2D eigenvalue weighted by Crippen LogP contribution is 2.26. The molecule has 2 amide bonds. The zero-order valence-electron chi connectivity index (χ0n) is 45.4. The third kappa shape index (κ3) is 34.6. The van der Waals surface area contributed by atoms with E-state index in [1.165, 1.54) is 76.2 Å². The number of ether oxygens (including phenoxy) is 5. The molecular weight excluding hydrogens is 1410 g/mol. The molecule has 3 heterocycles. The Morgan fingerprint density at radius 1 is 0.588 bits per heavy atom. The lowest BCUT2D eigenvalue weighted by molar-refractivity contribution is -0.138. The molecule has 3 aromatic heterocycles. The minimum atomic E-state index is -1.05. The molecule has 6 N–H and O–H groups in total. The van der Waals surface area contributed by atoms with Gasteiger partial charge in [0.15, 0.2) is 11.6 Å². The molecule has 0 saturated heterocycles. The number of nitrogens with two attached hydrogens (primary N) is 1. The van der Waals surface area contributed by atoms with Crippen LogP contribution in [0.25, 0.3) is 0 Å². The summed E-state index contributed by atoms with van der Waals surface area (Å²) in [4.78, 5) is 67.5. The van der Waals surface area contributed by atoms with Gasteiger partial charge in [-0.25, -0.2) is 14.4 Å². The van der Waals surface area contributed by atoms with Crippen LogP contribution in [0.4, 0.5) is 22.2 Å². The van der Waals surface area contributed by atoms with Crippen molar-refractivity contribution in [1.82, 2.24) is 30.6 Å². The zero-order valence-corrected chi connectivity index (χ0v) is 54.0. The number of rotatable bonds is 13. The van der Waals surface area contributed by atoms with Gasteiger partial charge in [-0.05, 0) is 121 Å². The number of hydrogen-bond acceptors (Lipinski definition) is 19. The molecule has 85 heavy (non-hydrogen) atoms. The second kappa shape index (κ2) is 43.7. The van der Waals surface area contributed by atoms with Gasteiger partial charge in [0.1, 0.15) is 39.9 Å². The van der Waals surface area contributed by atoms with Crippen LogP contribution in [0.5, 0.6) is 23.0 Å². The highest BCUT2D eigenvalue weighted by atomic mass is 79.9. The molecule has 0 unspecified atom stereocenters. The number of hydrogen-bond donors (Lipinski definition) is 5. The number of aromatic hydroxyl groups is 1. The average Bonchev–Trinajstić information content (AvgIpc) is 3.58. The normalized spacial score (nSPS) is 9.52. The first-order valence-corrected chi connectivity index (χ1v) is 28.3. The number of carboxylic acids is 1. The number of halogens is 8. The summed E-state index contributed by atoms with van der Waals surface area (Å²) < 4.78 is 24.4. The number of aromatic nitrogens is 6. The molecule has 7 rings (SSSR count). The minimum absolute atomic E-state index is 0. The van der Waals surface area contributed by atoms with Crippen molar-refractivity contribution >= 4 is 161 Å². The van der Waals surface area contributed by atoms with E-state index < -0.39 is 29.2 Å². The second-order valence-corrected chi connectivity index (χ2v) is 24.8. The van der Waals surface area contributed by atoms with Crippen molar-refractivity contribution in [1.29, 1.82) is 0 Å². The van der Waals surface area contributed by atoms with Gasteiger partial charge in [-0.1, -0.05) is 81.5 Å². The maximum Gasteiger partial charge on any atom is 0.403 e. The Hall–Kier alpha value is -6.91. The monoisotopic (exact) mass is 1460 g/mol. The van der Waals surface area contributed by atoms with Crippen molar-refractivity contribution in [3.05, 3.63) is 170 Å². The van der Waals surface area contributed by atoms with Gasteiger partial charge in [-0.15, -0.1) is 62.6 Å². The fraction of sp³-hybridized carbons (Fsp3) is 0.222. The molecule has 0 atom stereocenters. The van der Waals surface area contributed by atoms with Crippen molar-refractivity contribution in [3.63, 3.8) is 0 Å². The fourth-order valence-corrected chi connectivity index (χ4v) is 6.17. The van der Waals surface area contributed by atoms with Gasteiger partial charge in [-0.2, -0.15) is 15.3 Å². The van der Waals surface area contributed by atoms with Crippen LogP contribution in [-0.4, -0.2) is 107 Å². The van der Waals surface area contributed by atoms with Gasteiger partial charge in [-0.3, -0.25) is 14.4 Å². The standard InChI is InChI=1S/C13H15ClO4.C12H10ClN3O2.C11H8ClN3O2.C8H7ClO3.C5H9ClO2.C4H5N3.CH4.BBr3/c1-8(2)6-12(15)18-13(16)10-7-9(14)4-5-11(10)17-3;1-18-10-5-4-8(13)7-9(10)12(17)15-11-3-2-6-14-16-11;12-7-3-4-9(16)8(6-7)11(17)14-10-2-1-5-13-15-10;1-12-7-3-2-5(9)4-6(7)8(10)11;1-4(2)3-8-5(6)7;5-4-2-1-3-6-7-4;;2-1(3)4/h4-5,7-8H,6H2,1-3H3;2-7H,1H3,(H,15,16,17);1-6,16H,(H,14,15,17);2-4H,1H3,(H,10,11);4H,3H2,1-2H3;1-3H,(H2,5,7);1H4;. The topological polar surface area (TPSA) is 316 Å². The summed E-state index contributed by atoms with van der Waals surface area (Å²) in [5.41, 5.74) is 5.11. The number of carbonyl (C=O) groups is 6. The number of methoxy groups -OCH3 is 3. The zero-order chi connectivity index (χ0) is 63.3.